The van der Waals surface area contributed by atoms with Gasteiger partial charge >= 0.3 is 0 Å². The highest BCUT2D eigenvalue weighted by atomic mass is 32.2. The topological polar surface area (TPSA) is 70.7 Å². The van der Waals surface area contributed by atoms with Crippen LogP contribution >= 0.6 is 11.8 Å². The number of anilines is 1. The molecule has 1 amide bonds. The van der Waals surface area contributed by atoms with E-state index in [1.54, 1.807) is 6.20 Å². The van der Waals surface area contributed by atoms with E-state index in [4.69, 9.17) is 0 Å². The standard InChI is InChI=1S/C20H18N4OS/c1-14-15(2)24(16-8-4-3-5-9-16)20(17(14)12-21)23-18(25)13-26-19-10-6-7-11-22-19/h3-11H,13H2,1-2H3,(H,23,25). The largest absolute Gasteiger partial charge is 0.310 e. The lowest BCUT2D eigenvalue weighted by atomic mass is 10.2. The minimum Gasteiger partial charge on any atom is -0.310 e. The smallest absolute Gasteiger partial charge is 0.235 e. The maximum atomic E-state index is 12.5. The van der Waals surface area contributed by atoms with Crippen LogP contribution in [-0.4, -0.2) is 21.2 Å². The summed E-state index contributed by atoms with van der Waals surface area (Å²) in [7, 11) is 0. The van der Waals surface area contributed by atoms with E-state index in [1.165, 1.54) is 11.8 Å². The first kappa shape index (κ1) is 17.8. The molecule has 2 aromatic heterocycles. The van der Waals surface area contributed by atoms with Gasteiger partial charge in [0.2, 0.25) is 5.91 Å². The lowest BCUT2D eigenvalue weighted by Crippen LogP contribution is -2.17. The number of rotatable bonds is 5. The fraction of sp³-hybridized carbons (Fsp3) is 0.150. The van der Waals surface area contributed by atoms with Gasteiger partial charge in [-0.3, -0.25) is 9.36 Å². The van der Waals surface area contributed by atoms with Gasteiger partial charge in [-0.15, -0.1) is 0 Å². The number of nitrogens with zero attached hydrogens (tertiary/aromatic N) is 3. The Bertz CT molecular complexity index is 959. The first-order valence-electron chi connectivity index (χ1n) is 8.13. The van der Waals surface area contributed by atoms with Crippen LogP contribution in [0.2, 0.25) is 0 Å². The van der Waals surface area contributed by atoms with E-state index in [9.17, 15) is 10.1 Å². The normalized spacial score (nSPS) is 10.3. The maximum Gasteiger partial charge on any atom is 0.235 e. The molecule has 0 radical (unpaired) electrons. The van der Waals surface area contributed by atoms with E-state index in [1.807, 2.05) is 66.9 Å². The number of nitrogens with one attached hydrogen (secondary N) is 1. The molecule has 5 nitrogen and oxygen atoms in total. The molecule has 0 bridgehead atoms. The summed E-state index contributed by atoms with van der Waals surface area (Å²) >= 11 is 1.36. The van der Waals surface area contributed by atoms with E-state index in [-0.39, 0.29) is 11.7 Å². The van der Waals surface area contributed by atoms with Crippen LogP contribution in [-0.2, 0) is 4.79 Å². The number of amides is 1. The molecular formula is C20H18N4OS. The van der Waals surface area contributed by atoms with Crippen molar-refractivity contribution in [1.29, 1.82) is 5.26 Å². The predicted molar refractivity (Wildman–Crippen MR) is 104 cm³/mol. The molecule has 0 unspecified atom stereocenters. The molecule has 0 spiro atoms. The van der Waals surface area contributed by atoms with Gasteiger partial charge in [0.15, 0.2) is 0 Å². The average Bonchev–Trinajstić information content (AvgIpc) is 2.91. The van der Waals surface area contributed by atoms with Crippen molar-refractivity contribution in [3.05, 3.63) is 71.5 Å². The van der Waals surface area contributed by atoms with Crippen molar-refractivity contribution in [3.63, 3.8) is 0 Å². The molecule has 3 aromatic rings. The number of carbonyl (C=O) groups is 1. The second kappa shape index (κ2) is 7.89. The van der Waals surface area contributed by atoms with Crippen LogP contribution < -0.4 is 5.32 Å². The number of aromatic nitrogens is 2. The third-order valence-electron chi connectivity index (χ3n) is 4.09. The fourth-order valence-corrected chi connectivity index (χ4v) is 3.36. The van der Waals surface area contributed by atoms with Crippen LogP contribution in [0, 0.1) is 25.2 Å². The predicted octanol–water partition coefficient (Wildman–Crippen LogP) is 4.09. The SMILES string of the molecule is Cc1c(C#N)c(NC(=O)CSc2ccccn2)n(-c2ccccc2)c1C. The maximum absolute atomic E-state index is 12.5. The fourth-order valence-electron chi connectivity index (χ4n) is 2.70. The molecule has 130 valence electrons. The van der Waals surface area contributed by atoms with Gasteiger partial charge < -0.3 is 5.32 Å². The zero-order chi connectivity index (χ0) is 18.5. The van der Waals surface area contributed by atoms with E-state index in [0.29, 0.717) is 11.4 Å². The molecule has 0 atom stereocenters. The molecule has 0 aliphatic rings. The molecule has 26 heavy (non-hydrogen) atoms. The lowest BCUT2D eigenvalue weighted by molar-refractivity contribution is -0.113. The van der Waals surface area contributed by atoms with Crippen LogP contribution in [0.3, 0.4) is 0 Å². The summed E-state index contributed by atoms with van der Waals surface area (Å²) in [6.45, 7) is 3.84. The summed E-state index contributed by atoms with van der Waals surface area (Å²) in [6.07, 6.45) is 1.70. The minimum absolute atomic E-state index is 0.174. The molecule has 1 N–H and O–H groups in total. The highest BCUT2D eigenvalue weighted by Gasteiger charge is 2.20. The van der Waals surface area contributed by atoms with Gasteiger partial charge in [0.05, 0.1) is 16.3 Å². The minimum atomic E-state index is -0.174. The molecule has 2 heterocycles. The second-order valence-corrected chi connectivity index (χ2v) is 6.72. The number of benzene rings is 1. The van der Waals surface area contributed by atoms with E-state index in [2.05, 4.69) is 16.4 Å². The second-order valence-electron chi connectivity index (χ2n) is 5.72. The van der Waals surface area contributed by atoms with Gasteiger partial charge in [-0.2, -0.15) is 5.26 Å². The highest BCUT2D eigenvalue weighted by Crippen LogP contribution is 2.30. The first-order chi connectivity index (χ1) is 12.6. The first-order valence-corrected chi connectivity index (χ1v) is 9.11. The van der Waals surface area contributed by atoms with Crippen LogP contribution in [0.4, 0.5) is 5.82 Å². The lowest BCUT2D eigenvalue weighted by Gasteiger charge is -2.13. The highest BCUT2D eigenvalue weighted by molar-refractivity contribution is 7.99. The number of hydrogen-bond acceptors (Lipinski definition) is 4. The number of hydrogen-bond donors (Lipinski definition) is 1. The zero-order valence-corrected chi connectivity index (χ0v) is 15.4. The number of thioether (sulfide) groups is 1. The molecule has 6 heteroatoms. The summed E-state index contributed by atoms with van der Waals surface area (Å²) < 4.78 is 1.91. The number of para-hydroxylation sites is 1. The summed E-state index contributed by atoms with van der Waals surface area (Å²) in [5.74, 6) is 0.562. The van der Waals surface area contributed by atoms with Crippen molar-refractivity contribution in [2.24, 2.45) is 0 Å². The molecule has 0 aliphatic heterocycles. The molecular weight excluding hydrogens is 344 g/mol. The van der Waals surface area contributed by atoms with Crippen LogP contribution in [0.1, 0.15) is 16.8 Å². The van der Waals surface area contributed by atoms with Crippen molar-refractivity contribution in [3.8, 4) is 11.8 Å². The Morgan fingerprint density at radius 2 is 1.92 bits per heavy atom. The molecule has 1 aromatic carbocycles. The van der Waals surface area contributed by atoms with E-state index < -0.39 is 0 Å². The van der Waals surface area contributed by atoms with E-state index >= 15 is 0 Å². The Morgan fingerprint density at radius 3 is 2.58 bits per heavy atom. The zero-order valence-electron chi connectivity index (χ0n) is 14.6. The summed E-state index contributed by atoms with van der Waals surface area (Å²) in [5.41, 5.74) is 3.19. The Labute approximate surface area is 156 Å². The summed E-state index contributed by atoms with van der Waals surface area (Å²) in [6, 6.07) is 17.5. The van der Waals surface area contributed by atoms with E-state index in [0.717, 1.165) is 22.0 Å². The van der Waals surface area contributed by atoms with Crippen LogP contribution in [0.5, 0.6) is 0 Å². The monoisotopic (exact) mass is 362 g/mol. The van der Waals surface area contributed by atoms with Gasteiger partial charge in [0.1, 0.15) is 11.9 Å². The molecule has 3 rings (SSSR count). The Hall–Kier alpha value is -3.04. The quantitative estimate of drug-likeness (QED) is 0.694. The summed E-state index contributed by atoms with van der Waals surface area (Å²) in [4.78, 5) is 16.7. The van der Waals surface area contributed by atoms with Crippen molar-refractivity contribution in [2.45, 2.75) is 18.9 Å². The third-order valence-corrected chi connectivity index (χ3v) is 5.03. The molecule has 0 saturated carbocycles. The van der Waals surface area contributed by atoms with Crippen LogP contribution in [0.15, 0.2) is 59.8 Å². The van der Waals surface area contributed by atoms with Gasteiger partial charge in [-0.05, 0) is 43.7 Å². The molecule has 0 fully saturated rings. The third kappa shape index (κ3) is 3.63. The number of pyridine rings is 1. The summed E-state index contributed by atoms with van der Waals surface area (Å²) in [5, 5.41) is 13.3. The van der Waals surface area contributed by atoms with Crippen LogP contribution in [0.25, 0.3) is 5.69 Å². The Kier molecular flexibility index (Phi) is 5.40. The van der Waals surface area contributed by atoms with Crippen molar-refractivity contribution in [1.82, 2.24) is 9.55 Å². The van der Waals surface area contributed by atoms with Crippen molar-refractivity contribution < 1.29 is 4.79 Å². The Balaban J connectivity index is 1.88. The van der Waals surface area contributed by atoms with Crippen molar-refractivity contribution in [2.75, 3.05) is 11.1 Å². The molecule has 0 saturated heterocycles. The Morgan fingerprint density at radius 1 is 1.19 bits per heavy atom. The van der Waals surface area contributed by atoms with Gasteiger partial charge in [-0.1, -0.05) is 36.0 Å². The van der Waals surface area contributed by atoms with Gasteiger partial charge in [-0.25, -0.2) is 4.98 Å². The van der Waals surface area contributed by atoms with Gasteiger partial charge in [0, 0.05) is 17.6 Å². The van der Waals surface area contributed by atoms with Crippen molar-refractivity contribution >= 4 is 23.5 Å². The van der Waals surface area contributed by atoms with Gasteiger partial charge in [0.25, 0.3) is 0 Å². The number of carbonyl (C=O) groups excluding carboxylic acids is 1. The average molecular weight is 362 g/mol. The number of nitriles is 1. The molecule has 0 aliphatic carbocycles.